The lowest BCUT2D eigenvalue weighted by molar-refractivity contribution is 0.302. The average molecular weight is 449 g/mol. The molecule has 8 nitrogen and oxygen atoms in total. The van der Waals surface area contributed by atoms with Crippen molar-refractivity contribution >= 4 is 33.7 Å². The van der Waals surface area contributed by atoms with Gasteiger partial charge in [0.2, 0.25) is 0 Å². The number of aromatic nitrogens is 2. The zero-order chi connectivity index (χ0) is 22.8. The minimum Gasteiger partial charge on any atom is -0.489 e. The molecular weight excluding hydrogens is 428 g/mol. The highest BCUT2D eigenvalue weighted by molar-refractivity contribution is 6.37. The highest BCUT2D eigenvalue weighted by atomic mass is 35.5. The smallest absolute Gasteiger partial charge is 0.273 e. The van der Waals surface area contributed by atoms with Crippen molar-refractivity contribution < 1.29 is 4.74 Å². The number of benzene rings is 2. The SMILES string of the molecule is CN=C(/C(=C\N)c1cc(Cl)c2c(=O)[nH]nc(CN)c2c1)c1cccc(OC2CC2)c1C#N. The van der Waals surface area contributed by atoms with Crippen molar-refractivity contribution in [1.29, 1.82) is 5.26 Å². The van der Waals surface area contributed by atoms with E-state index in [9.17, 15) is 10.1 Å². The van der Waals surface area contributed by atoms with E-state index >= 15 is 0 Å². The van der Waals surface area contributed by atoms with Gasteiger partial charge in [-0.1, -0.05) is 23.7 Å². The van der Waals surface area contributed by atoms with Gasteiger partial charge in [0.1, 0.15) is 17.4 Å². The van der Waals surface area contributed by atoms with Gasteiger partial charge in [-0.3, -0.25) is 9.79 Å². The van der Waals surface area contributed by atoms with Crippen LogP contribution in [0.25, 0.3) is 16.3 Å². The molecule has 0 radical (unpaired) electrons. The van der Waals surface area contributed by atoms with Gasteiger partial charge in [-0.25, -0.2) is 5.10 Å². The van der Waals surface area contributed by atoms with E-state index in [-0.39, 0.29) is 17.7 Å². The number of H-pyrrole nitrogens is 1. The Hall–Kier alpha value is -3.67. The average Bonchev–Trinajstić information content (AvgIpc) is 3.61. The van der Waals surface area contributed by atoms with Gasteiger partial charge in [0.05, 0.1) is 27.9 Å². The summed E-state index contributed by atoms with van der Waals surface area (Å²) in [6.07, 6.45) is 3.50. The molecule has 9 heteroatoms. The lowest BCUT2D eigenvalue weighted by Crippen LogP contribution is -2.15. The number of nitrogens with two attached hydrogens (primary N) is 2. The molecule has 0 bridgehead atoms. The standard InChI is InChI=1S/C23H21ClN6O2/c1-28-22(14-3-2-4-20(17(14)10-26)32-13-5-6-13)16(9-25)12-7-15-19(11-27)29-30-23(31)21(15)18(24)8-12/h2-4,7-9,13H,5-6,11,25,27H2,1H3,(H,30,31)/b16-9-,28-22?. The van der Waals surface area contributed by atoms with Gasteiger partial charge in [-0.15, -0.1) is 0 Å². The maximum Gasteiger partial charge on any atom is 0.273 e. The molecule has 0 aliphatic heterocycles. The number of nitriles is 1. The number of halogens is 1. The number of aliphatic imine (C=N–C) groups is 1. The predicted octanol–water partition coefficient (Wildman–Crippen LogP) is 2.87. The maximum absolute atomic E-state index is 12.3. The molecule has 1 aromatic heterocycles. The van der Waals surface area contributed by atoms with Crippen LogP contribution in [0.4, 0.5) is 0 Å². The summed E-state index contributed by atoms with van der Waals surface area (Å²) in [4.78, 5) is 16.7. The molecule has 3 aromatic rings. The third kappa shape index (κ3) is 3.84. The van der Waals surface area contributed by atoms with Crippen LogP contribution in [0.1, 0.15) is 35.2 Å². The molecule has 0 amide bonds. The molecule has 2 aromatic carbocycles. The summed E-state index contributed by atoms with van der Waals surface area (Å²) in [7, 11) is 1.62. The molecule has 4 rings (SSSR count). The van der Waals surface area contributed by atoms with E-state index in [1.54, 1.807) is 31.3 Å². The fourth-order valence-electron chi connectivity index (χ4n) is 3.62. The number of fused-ring (bicyclic) bond motifs is 1. The fraction of sp³-hybridized carbons (Fsp3) is 0.217. The van der Waals surface area contributed by atoms with Gasteiger partial charge in [-0.05, 0) is 36.6 Å². The molecule has 5 N–H and O–H groups in total. The Morgan fingerprint density at radius 2 is 2.22 bits per heavy atom. The van der Waals surface area contributed by atoms with Gasteiger partial charge < -0.3 is 16.2 Å². The van der Waals surface area contributed by atoms with Crippen molar-refractivity contribution in [3.8, 4) is 11.8 Å². The van der Waals surface area contributed by atoms with Crippen LogP contribution in [-0.2, 0) is 6.54 Å². The van der Waals surface area contributed by atoms with E-state index in [0.717, 1.165) is 12.8 Å². The Balaban J connectivity index is 1.88. The van der Waals surface area contributed by atoms with Gasteiger partial charge in [0.25, 0.3) is 5.56 Å². The van der Waals surface area contributed by atoms with Crippen LogP contribution in [0.2, 0.25) is 5.02 Å². The molecule has 162 valence electrons. The van der Waals surface area contributed by atoms with Gasteiger partial charge in [-0.2, -0.15) is 10.4 Å². The quantitative estimate of drug-likeness (QED) is 0.494. The summed E-state index contributed by atoms with van der Waals surface area (Å²) in [6, 6.07) is 11.0. The minimum absolute atomic E-state index is 0.114. The third-order valence-electron chi connectivity index (χ3n) is 5.28. The lowest BCUT2D eigenvalue weighted by Gasteiger charge is -2.16. The van der Waals surface area contributed by atoms with E-state index in [0.29, 0.717) is 50.2 Å². The van der Waals surface area contributed by atoms with Crippen molar-refractivity contribution in [3.05, 3.63) is 74.3 Å². The largest absolute Gasteiger partial charge is 0.489 e. The van der Waals surface area contributed by atoms with Crippen molar-refractivity contribution in [1.82, 2.24) is 10.2 Å². The highest BCUT2D eigenvalue weighted by Crippen LogP contribution is 2.34. The third-order valence-corrected chi connectivity index (χ3v) is 5.58. The Labute approximate surface area is 189 Å². The van der Waals surface area contributed by atoms with Crippen LogP contribution in [0, 0.1) is 11.3 Å². The first-order chi connectivity index (χ1) is 15.5. The number of hydrogen-bond acceptors (Lipinski definition) is 7. The summed E-state index contributed by atoms with van der Waals surface area (Å²) in [5, 5.41) is 17.4. The summed E-state index contributed by atoms with van der Waals surface area (Å²) in [5.41, 5.74) is 14.5. The minimum atomic E-state index is -0.409. The van der Waals surface area contributed by atoms with Crippen LogP contribution in [-0.4, -0.2) is 29.1 Å². The summed E-state index contributed by atoms with van der Waals surface area (Å²) in [5.74, 6) is 0.516. The Bertz CT molecular complexity index is 1370. The monoisotopic (exact) mass is 448 g/mol. The number of nitrogens with one attached hydrogen (secondary N) is 1. The second-order valence-corrected chi connectivity index (χ2v) is 7.75. The lowest BCUT2D eigenvalue weighted by atomic mass is 9.92. The van der Waals surface area contributed by atoms with E-state index in [2.05, 4.69) is 21.3 Å². The normalized spacial score (nSPS) is 14.4. The predicted molar refractivity (Wildman–Crippen MR) is 125 cm³/mol. The molecule has 1 fully saturated rings. The van der Waals surface area contributed by atoms with Crippen LogP contribution in [0.15, 0.2) is 46.3 Å². The Morgan fingerprint density at radius 3 is 2.84 bits per heavy atom. The molecular formula is C23H21ClN6O2. The molecule has 32 heavy (non-hydrogen) atoms. The maximum atomic E-state index is 12.3. The van der Waals surface area contributed by atoms with Crippen molar-refractivity contribution in [2.24, 2.45) is 16.5 Å². The topological polar surface area (TPSA) is 143 Å². The zero-order valence-corrected chi connectivity index (χ0v) is 18.1. The second kappa shape index (κ2) is 8.83. The first kappa shape index (κ1) is 21.6. The molecule has 0 spiro atoms. The van der Waals surface area contributed by atoms with E-state index in [1.807, 2.05) is 6.07 Å². The summed E-state index contributed by atoms with van der Waals surface area (Å²) in [6.45, 7) is 0.114. The molecule has 0 atom stereocenters. The molecule has 1 aliphatic rings. The summed E-state index contributed by atoms with van der Waals surface area (Å²) >= 11 is 6.47. The van der Waals surface area contributed by atoms with Gasteiger partial charge >= 0.3 is 0 Å². The first-order valence-corrected chi connectivity index (χ1v) is 10.4. The highest BCUT2D eigenvalue weighted by Gasteiger charge is 2.26. The van der Waals surface area contributed by atoms with Crippen molar-refractivity contribution in [2.75, 3.05) is 7.05 Å². The molecule has 1 heterocycles. The van der Waals surface area contributed by atoms with E-state index in [1.165, 1.54) is 6.20 Å². The Kier molecular flexibility index (Phi) is 5.95. The Morgan fingerprint density at radius 1 is 1.44 bits per heavy atom. The number of allylic oxidation sites excluding steroid dienone is 1. The van der Waals surface area contributed by atoms with Crippen LogP contribution >= 0.6 is 11.6 Å². The van der Waals surface area contributed by atoms with Crippen LogP contribution in [0.5, 0.6) is 5.75 Å². The number of nitrogens with zero attached hydrogens (tertiary/aromatic N) is 3. The first-order valence-electron chi connectivity index (χ1n) is 10.0. The molecule has 1 saturated carbocycles. The van der Waals surface area contributed by atoms with E-state index in [4.69, 9.17) is 27.8 Å². The number of aromatic amines is 1. The van der Waals surface area contributed by atoms with E-state index < -0.39 is 5.56 Å². The fourth-order valence-corrected chi connectivity index (χ4v) is 3.92. The van der Waals surface area contributed by atoms with Gasteiger partial charge in [0.15, 0.2) is 0 Å². The summed E-state index contributed by atoms with van der Waals surface area (Å²) < 4.78 is 5.91. The molecule has 1 aliphatic carbocycles. The number of rotatable bonds is 6. The van der Waals surface area contributed by atoms with Crippen LogP contribution < -0.4 is 21.8 Å². The number of ether oxygens (including phenoxy) is 1. The second-order valence-electron chi connectivity index (χ2n) is 7.34. The molecule has 0 unspecified atom stereocenters. The van der Waals surface area contributed by atoms with Gasteiger partial charge in [0, 0.05) is 36.3 Å². The van der Waals surface area contributed by atoms with Crippen LogP contribution in [0.3, 0.4) is 0 Å². The molecule has 0 saturated heterocycles. The van der Waals surface area contributed by atoms with Crippen molar-refractivity contribution in [2.45, 2.75) is 25.5 Å². The number of hydrogen-bond donors (Lipinski definition) is 3. The van der Waals surface area contributed by atoms with Crippen molar-refractivity contribution in [3.63, 3.8) is 0 Å². The zero-order valence-electron chi connectivity index (χ0n) is 17.4.